The van der Waals surface area contributed by atoms with Crippen molar-refractivity contribution in [3.8, 4) is 11.4 Å². The summed E-state index contributed by atoms with van der Waals surface area (Å²) in [7, 11) is 0. The summed E-state index contributed by atoms with van der Waals surface area (Å²) in [6, 6.07) is 11.2. The second-order valence-electron chi connectivity index (χ2n) is 6.29. The van der Waals surface area contributed by atoms with Crippen molar-refractivity contribution in [1.82, 2.24) is 14.6 Å². The maximum Gasteiger partial charge on any atom is 0.335 e. The molecule has 0 aliphatic carbocycles. The van der Waals surface area contributed by atoms with Crippen LogP contribution in [0.15, 0.2) is 42.6 Å². The molecule has 0 fully saturated rings. The van der Waals surface area contributed by atoms with Gasteiger partial charge in [-0.3, -0.25) is 0 Å². The first-order valence-corrected chi connectivity index (χ1v) is 7.05. The molecule has 22 heavy (non-hydrogen) atoms. The third-order valence-electron chi connectivity index (χ3n) is 3.59. The zero-order valence-corrected chi connectivity index (χ0v) is 12.7. The number of carboxylic acids is 1. The van der Waals surface area contributed by atoms with E-state index in [-0.39, 0.29) is 11.0 Å². The van der Waals surface area contributed by atoms with Crippen molar-refractivity contribution in [2.24, 2.45) is 0 Å². The molecule has 1 aromatic carbocycles. The molecule has 0 atom stereocenters. The predicted octanol–water partition coefficient (Wildman–Crippen LogP) is 3.39. The van der Waals surface area contributed by atoms with Crippen LogP contribution in [0.4, 0.5) is 0 Å². The molecule has 5 nitrogen and oxygen atoms in total. The topological polar surface area (TPSA) is 67.5 Å². The van der Waals surface area contributed by atoms with Gasteiger partial charge in [-0.15, -0.1) is 5.10 Å². The zero-order chi connectivity index (χ0) is 15.9. The third-order valence-corrected chi connectivity index (χ3v) is 3.59. The number of hydrogen-bond donors (Lipinski definition) is 1. The number of fused-ring (bicyclic) bond motifs is 1. The second-order valence-corrected chi connectivity index (χ2v) is 6.29. The predicted molar refractivity (Wildman–Crippen MR) is 84.1 cm³/mol. The summed E-state index contributed by atoms with van der Waals surface area (Å²) in [5.74, 6) is -0.385. The number of aromatic nitrogens is 3. The van der Waals surface area contributed by atoms with Crippen LogP contribution in [0.3, 0.4) is 0 Å². The van der Waals surface area contributed by atoms with E-state index in [1.165, 1.54) is 17.7 Å². The Bertz CT molecular complexity index is 842. The van der Waals surface area contributed by atoms with Crippen molar-refractivity contribution < 1.29 is 9.90 Å². The molecule has 0 bridgehead atoms. The van der Waals surface area contributed by atoms with Gasteiger partial charge in [0.05, 0.1) is 5.56 Å². The van der Waals surface area contributed by atoms with Gasteiger partial charge in [0.1, 0.15) is 0 Å². The fraction of sp³-hybridized carbons (Fsp3) is 0.235. The van der Waals surface area contributed by atoms with Gasteiger partial charge in [-0.2, -0.15) is 0 Å². The lowest BCUT2D eigenvalue weighted by atomic mass is 9.87. The van der Waals surface area contributed by atoms with Crippen LogP contribution in [-0.4, -0.2) is 25.7 Å². The smallest absolute Gasteiger partial charge is 0.335 e. The Balaban J connectivity index is 2.01. The van der Waals surface area contributed by atoms with Gasteiger partial charge in [0.2, 0.25) is 0 Å². The fourth-order valence-electron chi connectivity index (χ4n) is 2.26. The van der Waals surface area contributed by atoms with Crippen LogP contribution in [0.1, 0.15) is 36.7 Å². The molecular weight excluding hydrogens is 278 g/mol. The monoisotopic (exact) mass is 295 g/mol. The van der Waals surface area contributed by atoms with E-state index < -0.39 is 5.97 Å². The molecule has 0 amide bonds. The first-order chi connectivity index (χ1) is 10.3. The Hall–Kier alpha value is -2.69. The summed E-state index contributed by atoms with van der Waals surface area (Å²) in [5.41, 5.74) is 2.98. The Morgan fingerprint density at radius 2 is 1.82 bits per heavy atom. The highest BCUT2D eigenvalue weighted by Gasteiger charge is 2.14. The van der Waals surface area contributed by atoms with E-state index in [1.807, 2.05) is 12.1 Å². The number of carboxylic acid groups (broad SMARTS) is 1. The summed E-state index contributed by atoms with van der Waals surface area (Å²) in [6.45, 7) is 6.50. The average Bonchev–Trinajstić information content (AvgIpc) is 2.89. The van der Waals surface area contributed by atoms with Crippen LogP contribution < -0.4 is 0 Å². The van der Waals surface area contributed by atoms with Crippen LogP contribution in [0.25, 0.3) is 17.0 Å². The number of benzene rings is 1. The number of pyridine rings is 1. The van der Waals surface area contributed by atoms with Crippen molar-refractivity contribution >= 4 is 11.6 Å². The highest BCUT2D eigenvalue weighted by atomic mass is 16.4. The molecule has 0 spiro atoms. The van der Waals surface area contributed by atoms with Crippen molar-refractivity contribution in [1.29, 1.82) is 0 Å². The average molecular weight is 295 g/mol. The van der Waals surface area contributed by atoms with Gasteiger partial charge >= 0.3 is 5.97 Å². The summed E-state index contributed by atoms with van der Waals surface area (Å²) in [4.78, 5) is 15.4. The van der Waals surface area contributed by atoms with E-state index in [9.17, 15) is 4.79 Å². The van der Waals surface area contributed by atoms with E-state index in [0.29, 0.717) is 11.5 Å². The number of aromatic carboxylic acids is 1. The number of rotatable bonds is 2. The van der Waals surface area contributed by atoms with Gasteiger partial charge < -0.3 is 5.11 Å². The summed E-state index contributed by atoms with van der Waals surface area (Å²) in [6.07, 6.45) is 1.61. The number of nitrogens with zero attached hydrogens (tertiary/aromatic N) is 3. The van der Waals surface area contributed by atoms with Crippen molar-refractivity contribution in [2.75, 3.05) is 0 Å². The van der Waals surface area contributed by atoms with Crippen LogP contribution in [0.2, 0.25) is 0 Å². The van der Waals surface area contributed by atoms with E-state index in [2.05, 4.69) is 43.0 Å². The van der Waals surface area contributed by atoms with Crippen molar-refractivity contribution in [3.05, 3.63) is 53.7 Å². The van der Waals surface area contributed by atoms with Crippen LogP contribution >= 0.6 is 0 Å². The molecule has 112 valence electrons. The minimum absolute atomic E-state index is 0.0985. The van der Waals surface area contributed by atoms with Crippen molar-refractivity contribution in [3.63, 3.8) is 0 Å². The molecule has 0 aliphatic heterocycles. The highest BCUT2D eigenvalue weighted by molar-refractivity contribution is 5.88. The standard InChI is InChI=1S/C17H17N3O2/c1-17(2,3)13-6-4-11(5-7-13)15-18-14-10-12(16(21)22)8-9-20(14)19-15/h4-10H,1-3H3,(H,21,22). The van der Waals surface area contributed by atoms with E-state index >= 15 is 0 Å². The fourth-order valence-corrected chi connectivity index (χ4v) is 2.26. The molecule has 0 saturated carbocycles. The normalized spacial score (nSPS) is 11.8. The van der Waals surface area contributed by atoms with Crippen molar-refractivity contribution in [2.45, 2.75) is 26.2 Å². The summed E-state index contributed by atoms with van der Waals surface area (Å²) >= 11 is 0. The van der Waals surface area contributed by atoms with Crippen LogP contribution in [0, 0.1) is 0 Å². The minimum atomic E-state index is -0.971. The Labute approximate surface area is 128 Å². The molecule has 3 aromatic rings. The molecule has 3 rings (SSSR count). The Morgan fingerprint density at radius 1 is 1.14 bits per heavy atom. The maximum atomic E-state index is 11.0. The second kappa shape index (κ2) is 4.94. The van der Waals surface area contributed by atoms with Gasteiger partial charge in [0, 0.05) is 11.8 Å². The van der Waals surface area contributed by atoms with Gasteiger partial charge in [-0.05, 0) is 23.1 Å². The molecular formula is C17H17N3O2. The van der Waals surface area contributed by atoms with Gasteiger partial charge in [-0.1, -0.05) is 45.0 Å². The molecule has 0 saturated heterocycles. The Morgan fingerprint density at radius 3 is 2.41 bits per heavy atom. The number of carbonyl (C=O) groups is 1. The van der Waals surface area contributed by atoms with Gasteiger partial charge in [0.25, 0.3) is 0 Å². The first-order valence-electron chi connectivity index (χ1n) is 7.05. The van der Waals surface area contributed by atoms with E-state index in [4.69, 9.17) is 5.11 Å². The van der Waals surface area contributed by atoms with Gasteiger partial charge in [-0.25, -0.2) is 14.3 Å². The quantitative estimate of drug-likeness (QED) is 0.787. The molecule has 0 aliphatic rings. The van der Waals surface area contributed by atoms with E-state index in [0.717, 1.165) is 5.56 Å². The molecule has 5 heteroatoms. The molecule has 0 unspecified atom stereocenters. The Kier molecular flexibility index (Phi) is 3.20. The first kappa shape index (κ1) is 14.3. The third kappa shape index (κ3) is 2.57. The summed E-state index contributed by atoms with van der Waals surface area (Å²) < 4.78 is 1.58. The minimum Gasteiger partial charge on any atom is -0.478 e. The lowest BCUT2D eigenvalue weighted by molar-refractivity contribution is 0.0697. The number of hydrogen-bond acceptors (Lipinski definition) is 3. The molecule has 0 radical (unpaired) electrons. The molecule has 2 aromatic heterocycles. The SMILES string of the molecule is CC(C)(C)c1ccc(-c2nc3cc(C(=O)O)ccn3n2)cc1. The lowest BCUT2D eigenvalue weighted by Crippen LogP contribution is -2.10. The summed E-state index contributed by atoms with van der Waals surface area (Å²) in [5, 5.41) is 13.4. The zero-order valence-electron chi connectivity index (χ0n) is 12.7. The van der Waals surface area contributed by atoms with Crippen LogP contribution in [-0.2, 0) is 5.41 Å². The van der Waals surface area contributed by atoms with Crippen LogP contribution in [0.5, 0.6) is 0 Å². The lowest BCUT2D eigenvalue weighted by Gasteiger charge is -2.18. The molecule has 1 N–H and O–H groups in total. The van der Waals surface area contributed by atoms with E-state index in [1.54, 1.807) is 10.7 Å². The van der Waals surface area contributed by atoms with Gasteiger partial charge in [0.15, 0.2) is 11.5 Å². The highest BCUT2D eigenvalue weighted by Crippen LogP contribution is 2.25. The largest absolute Gasteiger partial charge is 0.478 e. The molecule has 2 heterocycles. The maximum absolute atomic E-state index is 11.0.